The minimum atomic E-state index is -3.79. The fourth-order valence-corrected chi connectivity index (χ4v) is 4.88. The van der Waals surface area contributed by atoms with Crippen LogP contribution in [0.4, 0.5) is 11.4 Å². The molecule has 0 saturated carbocycles. The summed E-state index contributed by atoms with van der Waals surface area (Å²) in [7, 11) is -1.97. The van der Waals surface area contributed by atoms with E-state index in [9.17, 15) is 13.2 Å². The van der Waals surface area contributed by atoms with Crippen LogP contribution in [0.15, 0.2) is 63.7 Å². The lowest BCUT2D eigenvalue weighted by Gasteiger charge is -2.18. The third kappa shape index (κ3) is 3.73. The lowest BCUT2D eigenvalue weighted by Crippen LogP contribution is -2.20. The largest absolute Gasteiger partial charge is 0.326 e. The molecular weight excluding hydrogens is 398 g/mol. The van der Waals surface area contributed by atoms with Crippen LogP contribution in [-0.4, -0.2) is 29.1 Å². The Morgan fingerprint density at radius 1 is 1.18 bits per heavy atom. The second-order valence-electron chi connectivity index (χ2n) is 6.30. The monoisotopic (exact) mass is 415 g/mol. The van der Waals surface area contributed by atoms with Gasteiger partial charge in [-0.25, -0.2) is 8.42 Å². The van der Waals surface area contributed by atoms with Crippen LogP contribution >= 0.6 is 11.8 Å². The average Bonchev–Trinajstić information content (AvgIpc) is 3.07. The molecule has 0 saturated heterocycles. The van der Waals surface area contributed by atoms with E-state index in [1.807, 2.05) is 19.2 Å². The molecule has 1 aromatic heterocycles. The van der Waals surface area contributed by atoms with Gasteiger partial charge in [0.05, 0.1) is 10.6 Å². The summed E-state index contributed by atoms with van der Waals surface area (Å²) in [5.41, 5.74) is 1.93. The van der Waals surface area contributed by atoms with Crippen LogP contribution < -0.4 is 10.0 Å². The smallest absolute Gasteiger partial charge is 0.261 e. The number of amides is 1. The minimum Gasteiger partial charge on any atom is -0.326 e. The van der Waals surface area contributed by atoms with E-state index < -0.39 is 10.0 Å². The van der Waals surface area contributed by atoms with Crippen molar-refractivity contribution < 1.29 is 13.2 Å². The van der Waals surface area contributed by atoms with Gasteiger partial charge in [0, 0.05) is 24.1 Å². The van der Waals surface area contributed by atoms with E-state index in [1.165, 1.54) is 17.8 Å². The normalized spacial score (nSPS) is 13.7. The molecule has 0 bridgehead atoms. The molecule has 0 spiro atoms. The van der Waals surface area contributed by atoms with Gasteiger partial charge in [0.15, 0.2) is 5.16 Å². The predicted molar refractivity (Wildman–Crippen MR) is 106 cm³/mol. The summed E-state index contributed by atoms with van der Waals surface area (Å²) in [5, 5.41) is 11.3. The first-order valence-corrected chi connectivity index (χ1v) is 10.8. The van der Waals surface area contributed by atoms with Crippen molar-refractivity contribution in [3.05, 3.63) is 54.4 Å². The first kappa shape index (κ1) is 18.5. The van der Waals surface area contributed by atoms with Gasteiger partial charge in [-0.15, -0.1) is 10.2 Å². The van der Waals surface area contributed by atoms with Crippen molar-refractivity contribution in [3.63, 3.8) is 0 Å². The summed E-state index contributed by atoms with van der Waals surface area (Å²) >= 11 is 1.32. The maximum atomic E-state index is 12.9. The van der Waals surface area contributed by atoms with Crippen LogP contribution in [-0.2, 0) is 28.3 Å². The molecule has 10 heteroatoms. The highest BCUT2D eigenvalue weighted by molar-refractivity contribution is 7.99. The van der Waals surface area contributed by atoms with Crippen molar-refractivity contribution in [2.75, 3.05) is 10.0 Å². The van der Waals surface area contributed by atoms with Crippen molar-refractivity contribution in [2.45, 2.75) is 27.8 Å². The second kappa shape index (κ2) is 7.28. The van der Waals surface area contributed by atoms with Gasteiger partial charge in [-0.3, -0.25) is 9.52 Å². The van der Waals surface area contributed by atoms with Crippen LogP contribution in [0.5, 0.6) is 0 Å². The minimum absolute atomic E-state index is 0.0593. The fourth-order valence-electron chi connectivity index (χ4n) is 2.83. The Bertz CT molecular complexity index is 1160. The van der Waals surface area contributed by atoms with Crippen LogP contribution in [0, 0.1) is 0 Å². The molecule has 0 fully saturated rings. The van der Waals surface area contributed by atoms with E-state index >= 15 is 0 Å². The van der Waals surface area contributed by atoms with E-state index in [1.54, 1.807) is 35.2 Å². The predicted octanol–water partition coefficient (Wildman–Crippen LogP) is 2.65. The Morgan fingerprint density at radius 3 is 2.79 bits per heavy atom. The molecule has 0 unspecified atom stereocenters. The zero-order chi connectivity index (χ0) is 19.7. The van der Waals surface area contributed by atoms with Gasteiger partial charge in [-0.05, 0) is 54.1 Å². The number of carbonyl (C=O) groups excluding carboxylic acids is 1. The third-order valence-electron chi connectivity index (χ3n) is 4.28. The number of carbonyl (C=O) groups is 1. The highest BCUT2D eigenvalue weighted by Crippen LogP contribution is 2.33. The lowest BCUT2D eigenvalue weighted by molar-refractivity contribution is -0.116. The number of hydrogen-bond donors (Lipinski definition) is 2. The third-order valence-corrected chi connectivity index (χ3v) is 6.78. The van der Waals surface area contributed by atoms with Gasteiger partial charge in [0.2, 0.25) is 5.91 Å². The number of anilines is 2. The number of nitrogens with one attached hydrogen (secondary N) is 2. The number of para-hydroxylation sites is 1. The molecule has 144 valence electrons. The van der Waals surface area contributed by atoms with E-state index in [4.69, 9.17) is 0 Å². The summed E-state index contributed by atoms with van der Waals surface area (Å²) in [6, 6.07) is 11.8. The summed E-state index contributed by atoms with van der Waals surface area (Å²) < 4.78 is 30.3. The number of rotatable bonds is 5. The molecule has 0 atom stereocenters. The lowest BCUT2D eigenvalue weighted by atomic mass is 10.0. The second-order valence-corrected chi connectivity index (χ2v) is 8.99. The number of aromatic nitrogens is 3. The molecule has 1 amide bonds. The van der Waals surface area contributed by atoms with E-state index in [-0.39, 0.29) is 10.8 Å². The maximum Gasteiger partial charge on any atom is 0.261 e. The van der Waals surface area contributed by atoms with Crippen LogP contribution in [0.25, 0.3) is 0 Å². The Hall–Kier alpha value is -2.85. The summed E-state index contributed by atoms with van der Waals surface area (Å²) in [4.78, 5) is 12.4. The van der Waals surface area contributed by atoms with Gasteiger partial charge in [0.1, 0.15) is 6.33 Å². The molecule has 0 aliphatic carbocycles. The van der Waals surface area contributed by atoms with Crippen molar-refractivity contribution >= 4 is 39.1 Å². The first-order valence-electron chi connectivity index (χ1n) is 8.49. The molecule has 2 heterocycles. The van der Waals surface area contributed by atoms with Gasteiger partial charge < -0.3 is 9.88 Å². The number of benzene rings is 2. The Kier molecular flexibility index (Phi) is 4.82. The van der Waals surface area contributed by atoms with Crippen molar-refractivity contribution in [1.29, 1.82) is 0 Å². The molecule has 1 aliphatic rings. The topological polar surface area (TPSA) is 106 Å². The number of nitrogens with zero attached hydrogens (tertiary/aromatic N) is 3. The fraction of sp³-hybridized carbons (Fsp3) is 0.167. The quantitative estimate of drug-likeness (QED) is 0.664. The molecule has 1 aliphatic heterocycles. The van der Waals surface area contributed by atoms with Crippen LogP contribution in [0.1, 0.15) is 12.0 Å². The van der Waals surface area contributed by atoms with Crippen molar-refractivity contribution in [1.82, 2.24) is 14.8 Å². The number of fused-ring (bicyclic) bond motifs is 1. The summed E-state index contributed by atoms with van der Waals surface area (Å²) in [6.07, 6.45) is 2.45. The molecular formula is C18H17N5O3S2. The number of sulfonamides is 1. The van der Waals surface area contributed by atoms with Gasteiger partial charge >= 0.3 is 0 Å². The molecule has 3 aromatic rings. The summed E-state index contributed by atoms with van der Waals surface area (Å²) in [6.45, 7) is 0. The molecule has 28 heavy (non-hydrogen) atoms. The van der Waals surface area contributed by atoms with Gasteiger partial charge in [-0.2, -0.15) is 0 Å². The molecule has 0 radical (unpaired) electrons. The zero-order valence-electron chi connectivity index (χ0n) is 14.9. The number of hydrogen-bond acceptors (Lipinski definition) is 6. The first-order chi connectivity index (χ1) is 13.4. The summed E-state index contributed by atoms with van der Waals surface area (Å²) in [5.74, 6) is -0.0593. The SMILES string of the molecule is Cn1cnnc1Sc1ccccc1NS(=O)(=O)c1ccc2c(c1)CCC(=O)N2. The van der Waals surface area contributed by atoms with Gasteiger partial charge in [-0.1, -0.05) is 12.1 Å². The maximum absolute atomic E-state index is 12.9. The zero-order valence-corrected chi connectivity index (χ0v) is 16.5. The van der Waals surface area contributed by atoms with Crippen molar-refractivity contribution in [3.8, 4) is 0 Å². The highest BCUT2D eigenvalue weighted by atomic mass is 32.2. The Labute approximate surface area is 166 Å². The van der Waals surface area contributed by atoms with Crippen LogP contribution in [0.2, 0.25) is 0 Å². The van der Waals surface area contributed by atoms with E-state index in [0.717, 1.165) is 5.56 Å². The molecule has 2 aromatic carbocycles. The Balaban J connectivity index is 1.62. The molecule has 8 nitrogen and oxygen atoms in total. The molecule has 2 N–H and O–H groups in total. The standard InChI is InChI=1S/C18H17N5O3S2/c1-23-11-19-21-18(23)27-16-5-3-2-4-15(16)22-28(25,26)13-7-8-14-12(10-13)6-9-17(24)20-14/h2-5,7-8,10-11,22H,6,9H2,1H3,(H,20,24). The molecule has 4 rings (SSSR count). The Morgan fingerprint density at radius 2 is 2.00 bits per heavy atom. The number of aryl methyl sites for hydroxylation is 2. The highest BCUT2D eigenvalue weighted by Gasteiger charge is 2.21. The van der Waals surface area contributed by atoms with Crippen molar-refractivity contribution in [2.24, 2.45) is 7.05 Å². The van der Waals surface area contributed by atoms with Gasteiger partial charge in [0.25, 0.3) is 10.0 Å². The average molecular weight is 416 g/mol. The van der Waals surface area contributed by atoms with Crippen LogP contribution in [0.3, 0.4) is 0 Å². The van der Waals surface area contributed by atoms with E-state index in [0.29, 0.717) is 34.3 Å². The van der Waals surface area contributed by atoms with E-state index in [2.05, 4.69) is 20.2 Å².